The molecular formula is C21H16F3N3O3S2. The Balaban J connectivity index is 1.75. The van der Waals surface area contributed by atoms with E-state index in [1.165, 1.54) is 4.57 Å². The molecule has 1 aliphatic heterocycles. The van der Waals surface area contributed by atoms with E-state index in [1.807, 2.05) is 0 Å². The molecule has 1 saturated heterocycles. The SMILES string of the molecule is C#CCn1c(=NC(=O)C2CCCN2S(=O)(=O)c2ccc(F)cc2)sc2cc(F)cc(F)c21. The van der Waals surface area contributed by atoms with Gasteiger partial charge in [-0.1, -0.05) is 17.3 Å². The van der Waals surface area contributed by atoms with Crippen molar-refractivity contribution in [3.8, 4) is 12.3 Å². The summed E-state index contributed by atoms with van der Waals surface area (Å²) in [5.74, 6) is -0.609. The minimum Gasteiger partial charge on any atom is -0.302 e. The van der Waals surface area contributed by atoms with E-state index >= 15 is 0 Å². The number of amides is 1. The van der Waals surface area contributed by atoms with Crippen molar-refractivity contribution in [1.82, 2.24) is 8.87 Å². The van der Waals surface area contributed by atoms with E-state index in [0.717, 1.165) is 46.0 Å². The molecule has 1 unspecified atom stereocenters. The standard InChI is InChI=1S/C21H16F3N3O3S2/c1-2-9-26-19-16(24)11-14(23)12-18(19)31-21(26)25-20(28)17-4-3-10-27(17)32(29,30)15-7-5-13(22)6-8-15/h1,5-8,11-12,17H,3-4,9-10H2. The zero-order valence-corrected chi connectivity index (χ0v) is 18.1. The summed E-state index contributed by atoms with van der Waals surface area (Å²) in [6.07, 6.45) is 6.04. The summed E-state index contributed by atoms with van der Waals surface area (Å²) >= 11 is 0.876. The smallest absolute Gasteiger partial charge is 0.266 e. The van der Waals surface area contributed by atoms with Crippen LogP contribution in [0.5, 0.6) is 0 Å². The molecular weight excluding hydrogens is 463 g/mol. The van der Waals surface area contributed by atoms with Crippen LogP contribution in [0, 0.1) is 29.8 Å². The second-order valence-electron chi connectivity index (χ2n) is 7.09. The van der Waals surface area contributed by atoms with Crippen molar-refractivity contribution in [2.75, 3.05) is 6.54 Å². The monoisotopic (exact) mass is 479 g/mol. The predicted molar refractivity (Wildman–Crippen MR) is 112 cm³/mol. The molecule has 0 bridgehead atoms. The maximum Gasteiger partial charge on any atom is 0.266 e. The Bertz CT molecular complexity index is 1420. The molecule has 32 heavy (non-hydrogen) atoms. The van der Waals surface area contributed by atoms with Gasteiger partial charge in [0.25, 0.3) is 5.91 Å². The van der Waals surface area contributed by atoms with Crippen LogP contribution < -0.4 is 4.80 Å². The molecule has 166 valence electrons. The topological polar surface area (TPSA) is 71.7 Å². The van der Waals surface area contributed by atoms with Crippen molar-refractivity contribution in [1.29, 1.82) is 0 Å². The van der Waals surface area contributed by atoms with Crippen LogP contribution >= 0.6 is 11.3 Å². The number of aromatic nitrogens is 1. The third-order valence-corrected chi connectivity index (χ3v) is 8.01. The number of sulfonamides is 1. The van der Waals surface area contributed by atoms with Gasteiger partial charge in [-0.15, -0.1) is 6.42 Å². The van der Waals surface area contributed by atoms with Crippen molar-refractivity contribution in [3.05, 3.63) is 58.7 Å². The van der Waals surface area contributed by atoms with E-state index in [4.69, 9.17) is 6.42 Å². The lowest BCUT2D eigenvalue weighted by molar-refractivity contribution is -0.121. The molecule has 2 heterocycles. The van der Waals surface area contributed by atoms with Gasteiger partial charge >= 0.3 is 0 Å². The Morgan fingerprint density at radius 1 is 1.19 bits per heavy atom. The van der Waals surface area contributed by atoms with E-state index in [1.54, 1.807) is 0 Å². The van der Waals surface area contributed by atoms with E-state index in [2.05, 4.69) is 10.9 Å². The first-order valence-electron chi connectivity index (χ1n) is 9.50. The van der Waals surface area contributed by atoms with E-state index in [0.29, 0.717) is 12.5 Å². The van der Waals surface area contributed by atoms with Crippen LogP contribution in [-0.2, 0) is 21.4 Å². The number of benzene rings is 2. The first-order chi connectivity index (χ1) is 15.2. The summed E-state index contributed by atoms with van der Waals surface area (Å²) in [6.45, 7) is -0.0147. The molecule has 2 aromatic carbocycles. The largest absolute Gasteiger partial charge is 0.302 e. The van der Waals surface area contributed by atoms with Gasteiger partial charge < -0.3 is 4.57 Å². The van der Waals surface area contributed by atoms with Gasteiger partial charge in [0, 0.05) is 12.6 Å². The number of terminal acetylenes is 1. The number of fused-ring (bicyclic) bond motifs is 1. The zero-order chi connectivity index (χ0) is 23.0. The van der Waals surface area contributed by atoms with Crippen molar-refractivity contribution in [2.45, 2.75) is 30.3 Å². The highest BCUT2D eigenvalue weighted by atomic mass is 32.2. The van der Waals surface area contributed by atoms with Gasteiger partial charge in [0.2, 0.25) is 10.0 Å². The Morgan fingerprint density at radius 3 is 2.59 bits per heavy atom. The molecule has 3 aromatic rings. The van der Waals surface area contributed by atoms with Gasteiger partial charge in [-0.05, 0) is 43.2 Å². The number of halogens is 3. The Kier molecular flexibility index (Phi) is 5.94. The highest BCUT2D eigenvalue weighted by Crippen LogP contribution is 2.27. The quantitative estimate of drug-likeness (QED) is 0.540. The highest BCUT2D eigenvalue weighted by molar-refractivity contribution is 7.89. The molecule has 1 amide bonds. The van der Waals surface area contributed by atoms with Crippen molar-refractivity contribution in [3.63, 3.8) is 0 Å². The molecule has 0 spiro atoms. The van der Waals surface area contributed by atoms with Crippen molar-refractivity contribution >= 4 is 37.5 Å². The third kappa shape index (κ3) is 3.97. The maximum absolute atomic E-state index is 14.4. The van der Waals surface area contributed by atoms with Crippen LogP contribution in [0.1, 0.15) is 12.8 Å². The Hall–Kier alpha value is -2.94. The fourth-order valence-electron chi connectivity index (χ4n) is 3.64. The van der Waals surface area contributed by atoms with E-state index < -0.39 is 39.4 Å². The Morgan fingerprint density at radius 2 is 1.91 bits per heavy atom. The Labute approximate surface area is 185 Å². The first-order valence-corrected chi connectivity index (χ1v) is 11.8. The fourth-order valence-corrected chi connectivity index (χ4v) is 6.36. The molecule has 1 aliphatic rings. The molecule has 0 aliphatic carbocycles. The summed E-state index contributed by atoms with van der Waals surface area (Å²) in [6, 6.07) is 5.06. The van der Waals surface area contributed by atoms with Crippen LogP contribution in [0.3, 0.4) is 0 Å². The van der Waals surface area contributed by atoms with Crippen LogP contribution in [0.15, 0.2) is 46.3 Å². The van der Waals surface area contributed by atoms with Crippen LogP contribution in [0.4, 0.5) is 13.2 Å². The molecule has 4 rings (SSSR count). The van der Waals surface area contributed by atoms with Gasteiger partial charge in [-0.25, -0.2) is 21.6 Å². The van der Waals surface area contributed by atoms with Gasteiger partial charge in [-0.3, -0.25) is 4.79 Å². The lowest BCUT2D eigenvalue weighted by atomic mass is 10.2. The molecule has 1 atom stereocenters. The van der Waals surface area contributed by atoms with Crippen LogP contribution in [-0.4, -0.2) is 35.8 Å². The number of carbonyl (C=O) groups excluding carboxylic acids is 1. The maximum atomic E-state index is 14.4. The minimum absolute atomic E-state index is 0.0168. The molecule has 0 saturated carbocycles. The third-order valence-electron chi connectivity index (χ3n) is 5.06. The second kappa shape index (κ2) is 8.54. The molecule has 0 N–H and O–H groups in total. The fraction of sp³-hybridized carbons (Fsp3) is 0.238. The average molecular weight is 480 g/mol. The summed E-state index contributed by atoms with van der Waals surface area (Å²) in [5, 5.41) is 0. The van der Waals surface area contributed by atoms with Crippen LogP contribution in [0.25, 0.3) is 10.2 Å². The van der Waals surface area contributed by atoms with E-state index in [-0.39, 0.29) is 39.4 Å². The van der Waals surface area contributed by atoms with Gasteiger partial charge in [0.15, 0.2) is 10.6 Å². The van der Waals surface area contributed by atoms with E-state index in [9.17, 15) is 26.4 Å². The van der Waals surface area contributed by atoms with Gasteiger partial charge in [0.05, 0.1) is 21.7 Å². The number of hydrogen-bond donors (Lipinski definition) is 0. The molecule has 6 nitrogen and oxygen atoms in total. The molecule has 1 fully saturated rings. The van der Waals surface area contributed by atoms with Crippen molar-refractivity contribution in [2.24, 2.45) is 4.99 Å². The van der Waals surface area contributed by atoms with Gasteiger partial charge in [0.1, 0.15) is 17.7 Å². The average Bonchev–Trinajstić information content (AvgIpc) is 3.35. The number of hydrogen-bond acceptors (Lipinski definition) is 4. The first kappa shape index (κ1) is 22.3. The normalized spacial score (nSPS) is 17.7. The zero-order valence-electron chi connectivity index (χ0n) is 16.5. The summed E-state index contributed by atoms with van der Waals surface area (Å²) < 4.78 is 69.7. The number of rotatable bonds is 4. The summed E-state index contributed by atoms with van der Waals surface area (Å²) in [7, 11) is -4.06. The lowest BCUT2D eigenvalue weighted by Crippen LogP contribution is -2.40. The van der Waals surface area contributed by atoms with Gasteiger partial charge in [-0.2, -0.15) is 9.30 Å². The van der Waals surface area contributed by atoms with Crippen molar-refractivity contribution < 1.29 is 26.4 Å². The molecule has 0 radical (unpaired) electrons. The number of thiazole rings is 1. The number of carbonyl (C=O) groups is 1. The molecule has 1 aromatic heterocycles. The lowest BCUT2D eigenvalue weighted by Gasteiger charge is -2.21. The molecule has 11 heteroatoms. The summed E-state index contributed by atoms with van der Waals surface area (Å²) in [4.78, 5) is 16.9. The van der Waals surface area contributed by atoms with Crippen LogP contribution in [0.2, 0.25) is 0 Å². The highest BCUT2D eigenvalue weighted by Gasteiger charge is 2.39. The number of nitrogens with zero attached hydrogens (tertiary/aromatic N) is 3. The summed E-state index contributed by atoms with van der Waals surface area (Å²) in [5.41, 5.74) is 0.0168. The predicted octanol–water partition coefficient (Wildman–Crippen LogP) is 3.03. The minimum atomic E-state index is -4.06. The second-order valence-corrected chi connectivity index (χ2v) is 9.99.